The van der Waals surface area contributed by atoms with Gasteiger partial charge in [0, 0.05) is 35.2 Å². The molecule has 0 aliphatic carbocycles. The van der Waals surface area contributed by atoms with Crippen molar-refractivity contribution in [2.75, 3.05) is 13.2 Å². The first-order valence-electron chi connectivity index (χ1n) is 9.94. The van der Waals surface area contributed by atoms with Gasteiger partial charge in [0.2, 0.25) is 5.88 Å². The minimum absolute atomic E-state index is 0.0517. The molecule has 0 spiro atoms. The standard InChI is InChI=1S/C22H17ClFN3O4S/c1-3-29-17-8-25-18-12(4-10(2)5-15(18)26-17)21-27-16-7-14(24)19-13(20(16)32-21)6-11(31-19)9-30-22(23)28/h4-5,7-8,11H,3,6,9H2,1-2H3. The van der Waals surface area contributed by atoms with Gasteiger partial charge in [-0.25, -0.2) is 24.1 Å². The van der Waals surface area contributed by atoms with Crippen molar-refractivity contribution in [1.82, 2.24) is 15.0 Å². The van der Waals surface area contributed by atoms with E-state index in [0.717, 1.165) is 15.8 Å². The molecule has 10 heteroatoms. The Hall–Kier alpha value is -3.04. The van der Waals surface area contributed by atoms with Crippen LogP contribution in [-0.2, 0) is 11.2 Å². The second-order valence-electron chi connectivity index (χ2n) is 7.35. The Kier molecular flexibility index (Phi) is 5.30. The van der Waals surface area contributed by atoms with E-state index in [1.54, 1.807) is 6.20 Å². The number of hydrogen-bond donors (Lipinski definition) is 0. The number of ether oxygens (including phenoxy) is 3. The van der Waals surface area contributed by atoms with Gasteiger partial charge < -0.3 is 14.2 Å². The van der Waals surface area contributed by atoms with Gasteiger partial charge in [0.05, 0.1) is 34.1 Å². The smallest absolute Gasteiger partial charge is 0.403 e. The quantitative estimate of drug-likeness (QED) is 0.357. The first-order chi connectivity index (χ1) is 15.4. The number of hydrogen-bond acceptors (Lipinski definition) is 8. The van der Waals surface area contributed by atoms with Crippen LogP contribution in [-0.4, -0.2) is 39.7 Å². The van der Waals surface area contributed by atoms with Crippen LogP contribution in [0.2, 0.25) is 0 Å². The van der Waals surface area contributed by atoms with Crippen LogP contribution in [0, 0.1) is 12.7 Å². The maximum Gasteiger partial charge on any atom is 0.403 e. The summed E-state index contributed by atoms with van der Waals surface area (Å²) in [6.07, 6.45) is 1.48. The summed E-state index contributed by atoms with van der Waals surface area (Å²) >= 11 is 6.67. The number of fused-ring (bicyclic) bond motifs is 4. The van der Waals surface area contributed by atoms with Gasteiger partial charge in [0.15, 0.2) is 11.6 Å². The highest BCUT2D eigenvalue weighted by molar-refractivity contribution is 7.22. The average molecular weight is 474 g/mol. The van der Waals surface area contributed by atoms with Gasteiger partial charge in [-0.05, 0) is 31.5 Å². The Labute approximate surface area is 191 Å². The van der Waals surface area contributed by atoms with E-state index in [0.29, 0.717) is 46.0 Å². The number of aromatic nitrogens is 3. The first-order valence-corrected chi connectivity index (χ1v) is 11.1. The lowest BCUT2D eigenvalue weighted by Crippen LogP contribution is -2.21. The fourth-order valence-corrected chi connectivity index (χ4v) is 5.00. The molecule has 0 bridgehead atoms. The van der Waals surface area contributed by atoms with Gasteiger partial charge >= 0.3 is 5.43 Å². The minimum atomic E-state index is -0.921. The molecule has 7 nitrogen and oxygen atoms in total. The third kappa shape index (κ3) is 3.71. The molecule has 0 saturated heterocycles. The van der Waals surface area contributed by atoms with E-state index in [1.807, 2.05) is 26.0 Å². The molecule has 0 radical (unpaired) electrons. The van der Waals surface area contributed by atoms with Crippen molar-refractivity contribution in [3.8, 4) is 22.2 Å². The zero-order chi connectivity index (χ0) is 22.4. The average Bonchev–Trinajstić information content (AvgIpc) is 3.36. The van der Waals surface area contributed by atoms with E-state index in [9.17, 15) is 9.18 Å². The number of halogens is 2. The lowest BCUT2D eigenvalue weighted by Gasteiger charge is -2.09. The molecule has 1 aliphatic rings. The predicted octanol–water partition coefficient (Wildman–Crippen LogP) is 5.43. The Morgan fingerprint density at radius 2 is 2.16 bits per heavy atom. The van der Waals surface area contributed by atoms with E-state index in [2.05, 4.69) is 15.0 Å². The molecule has 0 saturated carbocycles. The van der Waals surface area contributed by atoms with E-state index in [-0.39, 0.29) is 12.4 Å². The zero-order valence-corrected chi connectivity index (χ0v) is 18.7. The summed E-state index contributed by atoms with van der Waals surface area (Å²) in [5.74, 6) is 0.124. The Bertz CT molecular complexity index is 1380. The predicted molar refractivity (Wildman–Crippen MR) is 119 cm³/mol. The fraction of sp³-hybridized carbons (Fsp3) is 0.273. The van der Waals surface area contributed by atoms with E-state index in [1.165, 1.54) is 17.4 Å². The second kappa shape index (κ2) is 8.14. The van der Waals surface area contributed by atoms with Crippen LogP contribution < -0.4 is 9.47 Å². The summed E-state index contributed by atoms with van der Waals surface area (Å²) in [5, 5.41) is 0.704. The largest absolute Gasteiger partial charge is 0.483 e. The summed E-state index contributed by atoms with van der Waals surface area (Å²) in [5.41, 5.74) is 3.53. The topological polar surface area (TPSA) is 83.4 Å². The van der Waals surface area contributed by atoms with Gasteiger partial charge in [-0.15, -0.1) is 11.3 Å². The lowest BCUT2D eigenvalue weighted by atomic mass is 10.1. The van der Waals surface area contributed by atoms with Gasteiger partial charge in [0.1, 0.15) is 17.7 Å². The highest BCUT2D eigenvalue weighted by Gasteiger charge is 2.31. The number of thiazole rings is 1. The highest BCUT2D eigenvalue weighted by atomic mass is 35.5. The molecule has 0 amide bonds. The number of carbonyl (C=O) groups is 1. The maximum atomic E-state index is 14.7. The van der Waals surface area contributed by atoms with E-state index >= 15 is 0 Å². The SMILES string of the molecule is CCOc1cnc2c(-c3nc4cc(F)c5c(c4s3)CC(COC(=O)Cl)O5)cc(C)cc2n1. The van der Waals surface area contributed by atoms with Crippen LogP contribution in [0.1, 0.15) is 18.1 Å². The van der Waals surface area contributed by atoms with Crippen molar-refractivity contribution in [1.29, 1.82) is 0 Å². The lowest BCUT2D eigenvalue weighted by molar-refractivity contribution is 0.107. The van der Waals surface area contributed by atoms with Crippen LogP contribution in [0.3, 0.4) is 0 Å². The summed E-state index contributed by atoms with van der Waals surface area (Å²) in [4.78, 5) is 24.7. The van der Waals surface area contributed by atoms with Crippen molar-refractivity contribution >= 4 is 49.6 Å². The zero-order valence-electron chi connectivity index (χ0n) is 17.1. The van der Waals surface area contributed by atoms with Gasteiger partial charge in [0.25, 0.3) is 0 Å². The Morgan fingerprint density at radius 1 is 1.31 bits per heavy atom. The number of carbonyl (C=O) groups excluding carboxylic acids is 1. The van der Waals surface area contributed by atoms with Crippen LogP contribution in [0.5, 0.6) is 11.6 Å². The third-order valence-electron chi connectivity index (χ3n) is 5.07. The van der Waals surface area contributed by atoms with Crippen LogP contribution in [0.25, 0.3) is 31.8 Å². The van der Waals surface area contributed by atoms with E-state index in [4.69, 9.17) is 25.8 Å². The Morgan fingerprint density at radius 3 is 2.94 bits per heavy atom. The first kappa shape index (κ1) is 20.8. The van der Waals surface area contributed by atoms with Crippen LogP contribution in [0.15, 0.2) is 24.4 Å². The molecule has 4 aromatic rings. The summed E-state index contributed by atoms with van der Waals surface area (Å²) in [6, 6.07) is 5.29. The molecule has 1 aliphatic heterocycles. The van der Waals surface area contributed by atoms with Crippen molar-refractivity contribution in [3.63, 3.8) is 0 Å². The number of rotatable bonds is 5. The number of benzene rings is 2. The number of nitrogens with zero attached hydrogens (tertiary/aromatic N) is 3. The molecule has 5 rings (SSSR count). The fourth-order valence-electron chi connectivity index (χ4n) is 3.82. The molecular formula is C22H17ClFN3O4S. The minimum Gasteiger partial charge on any atom is -0.483 e. The van der Waals surface area contributed by atoms with Crippen LogP contribution in [0.4, 0.5) is 9.18 Å². The monoisotopic (exact) mass is 473 g/mol. The van der Waals surface area contributed by atoms with Crippen molar-refractivity contribution in [2.24, 2.45) is 0 Å². The molecule has 1 atom stereocenters. The molecule has 0 N–H and O–H groups in total. The molecule has 2 aromatic heterocycles. The molecule has 3 heterocycles. The molecular weight excluding hydrogens is 457 g/mol. The van der Waals surface area contributed by atoms with Crippen molar-refractivity contribution in [3.05, 3.63) is 41.3 Å². The third-order valence-corrected chi connectivity index (χ3v) is 6.35. The van der Waals surface area contributed by atoms with Crippen molar-refractivity contribution in [2.45, 2.75) is 26.4 Å². The Balaban J connectivity index is 1.59. The van der Waals surface area contributed by atoms with E-state index < -0.39 is 17.3 Å². The molecule has 1 unspecified atom stereocenters. The summed E-state index contributed by atoms with van der Waals surface area (Å²) in [6.45, 7) is 4.31. The summed E-state index contributed by atoms with van der Waals surface area (Å²) in [7, 11) is 0. The molecule has 32 heavy (non-hydrogen) atoms. The molecule has 164 valence electrons. The van der Waals surface area contributed by atoms with Gasteiger partial charge in [-0.2, -0.15) is 0 Å². The normalized spacial score (nSPS) is 15.1. The van der Waals surface area contributed by atoms with Crippen molar-refractivity contribution < 1.29 is 23.4 Å². The maximum absolute atomic E-state index is 14.7. The van der Waals surface area contributed by atoms with Gasteiger partial charge in [-0.1, -0.05) is 0 Å². The molecule has 2 aromatic carbocycles. The molecule has 0 fully saturated rings. The van der Waals surface area contributed by atoms with Gasteiger partial charge in [-0.3, -0.25) is 0 Å². The highest BCUT2D eigenvalue weighted by Crippen LogP contribution is 2.43. The van der Waals surface area contributed by atoms with Crippen LogP contribution >= 0.6 is 22.9 Å². The number of aryl methyl sites for hydroxylation is 1. The second-order valence-corrected chi connectivity index (χ2v) is 8.66. The summed E-state index contributed by atoms with van der Waals surface area (Å²) < 4.78 is 31.5.